The van der Waals surface area contributed by atoms with Gasteiger partial charge >= 0.3 is 0 Å². The van der Waals surface area contributed by atoms with E-state index in [1.165, 1.54) is 20.8 Å². The Balaban J connectivity index is 2.24. The Morgan fingerprint density at radius 2 is 1.63 bits per heavy atom. The Bertz CT molecular complexity index is 492. The molecule has 3 fully saturated rings. The number of carbonyl (C=O) groups is 1. The van der Waals surface area contributed by atoms with E-state index in [9.17, 15) is 30.3 Å². The molecule has 0 radical (unpaired) electrons. The molecule has 6 atom stereocenters. The summed E-state index contributed by atoms with van der Waals surface area (Å²) in [6, 6.07) is 0. The SMILES string of the molecule is CC1(C)C2(O)O[C@H](CO)[C@@]3(O)C(C)(C=O)[C@@]3(O)[C@]12O. The van der Waals surface area contributed by atoms with Crippen molar-refractivity contribution in [1.29, 1.82) is 0 Å². The summed E-state index contributed by atoms with van der Waals surface area (Å²) in [6.45, 7) is 3.48. The van der Waals surface area contributed by atoms with Gasteiger partial charge in [-0.1, -0.05) is 13.8 Å². The van der Waals surface area contributed by atoms with Crippen LogP contribution in [0.4, 0.5) is 0 Å². The lowest BCUT2D eigenvalue weighted by Crippen LogP contribution is -2.58. The fourth-order valence-electron chi connectivity index (χ4n) is 4.31. The summed E-state index contributed by atoms with van der Waals surface area (Å²) in [5, 5.41) is 51.6. The van der Waals surface area contributed by atoms with Crippen molar-refractivity contribution in [3.8, 4) is 0 Å². The number of ether oxygens (including phenoxy) is 1. The van der Waals surface area contributed by atoms with E-state index >= 15 is 0 Å². The third kappa shape index (κ3) is 0.749. The first kappa shape index (κ1) is 13.4. The summed E-state index contributed by atoms with van der Waals surface area (Å²) < 4.78 is 5.22. The largest absolute Gasteiger partial charge is 0.394 e. The highest BCUT2D eigenvalue weighted by Crippen LogP contribution is 2.86. The quantitative estimate of drug-likeness (QED) is 0.353. The third-order valence-electron chi connectivity index (χ3n) is 5.92. The first-order valence-electron chi connectivity index (χ1n) is 6.12. The van der Waals surface area contributed by atoms with Gasteiger partial charge in [0.2, 0.25) is 5.79 Å². The topological polar surface area (TPSA) is 127 Å². The van der Waals surface area contributed by atoms with E-state index < -0.39 is 46.1 Å². The van der Waals surface area contributed by atoms with Crippen molar-refractivity contribution < 1.29 is 35.1 Å². The molecule has 2 unspecified atom stereocenters. The number of carbonyl (C=O) groups excluding carboxylic acids is 1. The number of aldehydes is 1. The maximum Gasteiger partial charge on any atom is 0.207 e. The second-order valence-electron chi connectivity index (χ2n) is 6.57. The highest BCUT2D eigenvalue weighted by Gasteiger charge is 3.09. The summed E-state index contributed by atoms with van der Waals surface area (Å²) in [6.07, 6.45) is -1.03. The van der Waals surface area contributed by atoms with Crippen LogP contribution in [0.2, 0.25) is 0 Å². The lowest BCUT2D eigenvalue weighted by molar-refractivity contribution is -0.290. The van der Waals surface area contributed by atoms with Crippen LogP contribution in [0.15, 0.2) is 0 Å². The van der Waals surface area contributed by atoms with Crippen LogP contribution in [-0.2, 0) is 9.53 Å². The molecule has 1 heterocycles. The van der Waals surface area contributed by atoms with E-state index in [1.807, 2.05) is 0 Å². The van der Waals surface area contributed by atoms with Gasteiger partial charge in [-0.25, -0.2) is 0 Å². The van der Waals surface area contributed by atoms with Crippen LogP contribution < -0.4 is 0 Å². The van der Waals surface area contributed by atoms with E-state index in [0.29, 0.717) is 6.29 Å². The second kappa shape index (κ2) is 2.74. The molecule has 0 aromatic heterocycles. The van der Waals surface area contributed by atoms with E-state index in [-0.39, 0.29) is 0 Å². The Labute approximate surface area is 109 Å². The molecular formula is C12H18O7. The molecule has 3 aliphatic rings. The molecule has 1 saturated heterocycles. The van der Waals surface area contributed by atoms with Gasteiger partial charge in [-0.05, 0) is 6.92 Å². The molecular weight excluding hydrogens is 256 g/mol. The molecule has 1 aliphatic heterocycles. The number of aliphatic hydroxyl groups excluding tert-OH is 1. The van der Waals surface area contributed by atoms with Crippen molar-refractivity contribution in [2.75, 3.05) is 6.61 Å². The molecule has 0 bridgehead atoms. The van der Waals surface area contributed by atoms with Crippen molar-refractivity contribution in [3.05, 3.63) is 0 Å². The highest BCUT2D eigenvalue weighted by atomic mass is 16.7. The van der Waals surface area contributed by atoms with Crippen LogP contribution >= 0.6 is 0 Å². The molecule has 2 aliphatic carbocycles. The Morgan fingerprint density at radius 1 is 1.11 bits per heavy atom. The average Bonchev–Trinajstić information content (AvgIpc) is 2.94. The van der Waals surface area contributed by atoms with Gasteiger partial charge in [-0.2, -0.15) is 0 Å². The molecule has 0 aromatic carbocycles. The predicted molar refractivity (Wildman–Crippen MR) is 59.7 cm³/mol. The first-order valence-corrected chi connectivity index (χ1v) is 6.12. The minimum Gasteiger partial charge on any atom is -0.394 e. The van der Waals surface area contributed by atoms with Crippen molar-refractivity contribution in [3.63, 3.8) is 0 Å². The van der Waals surface area contributed by atoms with Gasteiger partial charge in [0.05, 0.1) is 17.4 Å². The van der Waals surface area contributed by atoms with Gasteiger partial charge in [-0.3, -0.25) is 0 Å². The lowest BCUT2D eigenvalue weighted by atomic mass is 9.92. The van der Waals surface area contributed by atoms with E-state index in [0.717, 1.165) is 0 Å². The van der Waals surface area contributed by atoms with E-state index in [1.54, 1.807) is 0 Å². The smallest absolute Gasteiger partial charge is 0.207 e. The summed E-state index contributed by atoms with van der Waals surface area (Å²) in [4.78, 5) is 11.3. The monoisotopic (exact) mass is 274 g/mol. The number of fused-ring (bicyclic) bond motifs is 3. The van der Waals surface area contributed by atoms with E-state index in [4.69, 9.17) is 4.74 Å². The van der Waals surface area contributed by atoms with Crippen LogP contribution in [0.5, 0.6) is 0 Å². The summed E-state index contributed by atoms with van der Waals surface area (Å²) in [5.74, 6) is -2.12. The molecule has 7 heteroatoms. The zero-order valence-corrected chi connectivity index (χ0v) is 10.9. The van der Waals surface area contributed by atoms with Crippen LogP contribution in [0.25, 0.3) is 0 Å². The number of aliphatic hydroxyl groups is 5. The molecule has 7 nitrogen and oxygen atoms in total. The number of hydrogen-bond acceptors (Lipinski definition) is 7. The van der Waals surface area contributed by atoms with Gasteiger partial charge in [0.25, 0.3) is 0 Å². The minimum atomic E-state index is -2.27. The Morgan fingerprint density at radius 3 is 2.05 bits per heavy atom. The van der Waals surface area contributed by atoms with Crippen LogP contribution in [-0.4, -0.2) is 67.1 Å². The molecule has 0 spiro atoms. The third-order valence-corrected chi connectivity index (χ3v) is 5.92. The van der Waals surface area contributed by atoms with Crippen molar-refractivity contribution >= 4 is 6.29 Å². The molecule has 3 rings (SSSR count). The second-order valence-corrected chi connectivity index (χ2v) is 6.57. The molecule has 5 N–H and O–H groups in total. The van der Waals surface area contributed by atoms with Gasteiger partial charge in [-0.15, -0.1) is 0 Å². The predicted octanol–water partition coefficient (Wildman–Crippen LogP) is -2.48. The molecule has 0 aromatic rings. The van der Waals surface area contributed by atoms with Crippen LogP contribution in [0, 0.1) is 10.8 Å². The minimum absolute atomic E-state index is 0.330. The summed E-state index contributed by atoms with van der Waals surface area (Å²) in [7, 11) is 0. The molecule has 108 valence electrons. The standard InChI is InChI=1S/C12H18O7/c1-7(2)10(16)11(17)8(3,5-14)9(11,15)6(4-13)19-12(7,10)18/h5-6,13,15-18H,4H2,1-3H3/t6-,8?,9-,10-,11+,12?/m1/s1. The van der Waals surface area contributed by atoms with Crippen molar-refractivity contribution in [1.82, 2.24) is 0 Å². The molecule has 0 amide bonds. The number of hydrogen-bond donors (Lipinski definition) is 5. The molecule has 19 heavy (non-hydrogen) atoms. The maximum atomic E-state index is 11.3. The van der Waals surface area contributed by atoms with Crippen LogP contribution in [0.1, 0.15) is 20.8 Å². The fourth-order valence-corrected chi connectivity index (χ4v) is 4.31. The fraction of sp³-hybridized carbons (Fsp3) is 0.917. The first-order chi connectivity index (χ1) is 8.48. The Kier molecular flexibility index (Phi) is 1.94. The normalized spacial score (nSPS) is 64.9. The van der Waals surface area contributed by atoms with Crippen LogP contribution in [0.3, 0.4) is 0 Å². The van der Waals surface area contributed by atoms with Crippen molar-refractivity contribution in [2.45, 2.75) is 49.5 Å². The maximum absolute atomic E-state index is 11.3. The summed E-state index contributed by atoms with van der Waals surface area (Å²) in [5.41, 5.74) is -9.58. The zero-order valence-electron chi connectivity index (χ0n) is 10.9. The zero-order chi connectivity index (χ0) is 14.7. The van der Waals surface area contributed by atoms with Gasteiger partial charge in [0.1, 0.15) is 23.6 Å². The lowest BCUT2D eigenvalue weighted by Gasteiger charge is -2.35. The summed E-state index contributed by atoms with van der Waals surface area (Å²) >= 11 is 0. The van der Waals surface area contributed by atoms with Gasteiger partial charge in [0, 0.05) is 0 Å². The number of rotatable bonds is 2. The van der Waals surface area contributed by atoms with Gasteiger partial charge < -0.3 is 35.1 Å². The van der Waals surface area contributed by atoms with Crippen molar-refractivity contribution in [2.24, 2.45) is 10.8 Å². The van der Waals surface area contributed by atoms with E-state index in [2.05, 4.69) is 0 Å². The highest BCUT2D eigenvalue weighted by molar-refractivity contribution is 5.78. The molecule has 2 saturated carbocycles. The Hall–Kier alpha value is -0.570. The van der Waals surface area contributed by atoms with Gasteiger partial charge in [0.15, 0.2) is 5.60 Å². The average molecular weight is 274 g/mol.